The number of benzene rings is 1. The molecule has 0 saturated heterocycles. The van der Waals surface area contributed by atoms with E-state index in [2.05, 4.69) is 58.8 Å². The maximum atomic E-state index is 4.26. The van der Waals surface area contributed by atoms with Crippen LogP contribution in [0.5, 0.6) is 0 Å². The number of guanidine groups is 1. The molecule has 1 aromatic heterocycles. The minimum atomic E-state index is 0.592. The van der Waals surface area contributed by atoms with Crippen LogP contribution in [0.1, 0.15) is 43.0 Å². The first kappa shape index (κ1) is 18.0. The second kappa shape index (κ2) is 9.11. The molecule has 5 heteroatoms. The van der Waals surface area contributed by atoms with Gasteiger partial charge in [-0.1, -0.05) is 38.1 Å². The van der Waals surface area contributed by atoms with E-state index in [-0.39, 0.29) is 0 Å². The molecule has 0 aliphatic heterocycles. The van der Waals surface area contributed by atoms with E-state index in [9.17, 15) is 0 Å². The van der Waals surface area contributed by atoms with Crippen molar-refractivity contribution >= 4 is 5.96 Å². The molecule has 2 rings (SSSR count). The van der Waals surface area contributed by atoms with Crippen molar-refractivity contribution in [2.45, 2.75) is 39.2 Å². The van der Waals surface area contributed by atoms with Crippen LogP contribution in [0.3, 0.4) is 0 Å². The second-order valence-corrected chi connectivity index (χ2v) is 6.30. The number of aliphatic imine (C=N–C) groups is 1. The van der Waals surface area contributed by atoms with Gasteiger partial charge in [-0.2, -0.15) is 5.10 Å². The van der Waals surface area contributed by atoms with E-state index in [4.69, 9.17) is 0 Å². The number of aromatic nitrogens is 2. The summed E-state index contributed by atoms with van der Waals surface area (Å²) in [5.41, 5.74) is 3.92. The van der Waals surface area contributed by atoms with E-state index in [1.807, 2.05) is 17.8 Å². The summed E-state index contributed by atoms with van der Waals surface area (Å²) in [7, 11) is 3.74. The Kier molecular flexibility index (Phi) is 6.85. The van der Waals surface area contributed by atoms with Crippen LogP contribution in [0.2, 0.25) is 0 Å². The molecule has 2 N–H and O–H groups in total. The Labute approximate surface area is 145 Å². The maximum absolute atomic E-state index is 4.26. The fourth-order valence-electron chi connectivity index (χ4n) is 2.54. The first-order chi connectivity index (χ1) is 11.6. The van der Waals surface area contributed by atoms with Gasteiger partial charge in [0, 0.05) is 26.8 Å². The summed E-state index contributed by atoms with van der Waals surface area (Å²) in [6, 6.07) is 11.0. The molecule has 0 unspecified atom stereocenters. The third kappa shape index (κ3) is 5.41. The van der Waals surface area contributed by atoms with Gasteiger partial charge in [0.25, 0.3) is 0 Å². The van der Waals surface area contributed by atoms with Gasteiger partial charge in [-0.3, -0.25) is 9.67 Å². The van der Waals surface area contributed by atoms with Gasteiger partial charge in [0.05, 0.1) is 12.2 Å². The number of rotatable bonds is 7. The summed E-state index contributed by atoms with van der Waals surface area (Å²) < 4.78 is 1.86. The molecular formula is C19H29N5. The summed E-state index contributed by atoms with van der Waals surface area (Å²) in [5, 5.41) is 10.8. The molecule has 0 radical (unpaired) electrons. The Hall–Kier alpha value is -2.30. The van der Waals surface area contributed by atoms with Gasteiger partial charge < -0.3 is 10.6 Å². The third-order valence-corrected chi connectivity index (χ3v) is 4.16. The summed E-state index contributed by atoms with van der Waals surface area (Å²) >= 11 is 0. The van der Waals surface area contributed by atoms with Crippen LogP contribution < -0.4 is 10.6 Å². The molecule has 0 amide bonds. The lowest BCUT2D eigenvalue weighted by Crippen LogP contribution is -2.37. The average Bonchev–Trinajstić information content (AvgIpc) is 2.99. The van der Waals surface area contributed by atoms with Crippen molar-refractivity contribution in [3.05, 3.63) is 53.3 Å². The molecule has 5 nitrogen and oxygen atoms in total. The van der Waals surface area contributed by atoms with Crippen molar-refractivity contribution in [3.63, 3.8) is 0 Å². The van der Waals surface area contributed by atoms with Crippen LogP contribution in [0.25, 0.3) is 0 Å². The van der Waals surface area contributed by atoms with Crippen LogP contribution in [0.4, 0.5) is 0 Å². The van der Waals surface area contributed by atoms with Crippen LogP contribution in [-0.2, 0) is 20.0 Å². The topological polar surface area (TPSA) is 54.2 Å². The number of hydrogen-bond donors (Lipinski definition) is 2. The van der Waals surface area contributed by atoms with Gasteiger partial charge in [-0.05, 0) is 36.0 Å². The van der Waals surface area contributed by atoms with E-state index in [0.717, 1.165) is 31.0 Å². The molecular weight excluding hydrogens is 298 g/mol. The second-order valence-electron chi connectivity index (χ2n) is 6.30. The Morgan fingerprint density at radius 1 is 1.17 bits per heavy atom. The normalized spacial score (nSPS) is 11.8. The lowest BCUT2D eigenvalue weighted by Gasteiger charge is -2.12. The van der Waals surface area contributed by atoms with Crippen molar-refractivity contribution in [3.8, 4) is 0 Å². The lowest BCUT2D eigenvalue weighted by atomic mass is 10.0. The molecule has 0 fully saturated rings. The SMILES string of the molecule is CN=C(NCCCc1ccc(C(C)C)cc1)NCc1ccnn1C. The highest BCUT2D eigenvalue weighted by molar-refractivity contribution is 5.79. The van der Waals surface area contributed by atoms with Gasteiger partial charge in [0.2, 0.25) is 0 Å². The number of hydrogen-bond acceptors (Lipinski definition) is 2. The first-order valence-corrected chi connectivity index (χ1v) is 8.60. The lowest BCUT2D eigenvalue weighted by molar-refractivity contribution is 0.680. The third-order valence-electron chi connectivity index (χ3n) is 4.16. The molecule has 0 spiro atoms. The van der Waals surface area contributed by atoms with Crippen molar-refractivity contribution in [1.82, 2.24) is 20.4 Å². The summed E-state index contributed by atoms with van der Waals surface area (Å²) in [6.45, 7) is 6.07. The molecule has 130 valence electrons. The Morgan fingerprint density at radius 3 is 2.50 bits per heavy atom. The zero-order chi connectivity index (χ0) is 17.4. The van der Waals surface area contributed by atoms with Crippen molar-refractivity contribution in [2.75, 3.05) is 13.6 Å². The molecule has 0 bridgehead atoms. The Balaban J connectivity index is 1.69. The maximum Gasteiger partial charge on any atom is 0.191 e. The summed E-state index contributed by atoms with van der Waals surface area (Å²) in [5.74, 6) is 1.42. The van der Waals surface area contributed by atoms with Gasteiger partial charge in [0.1, 0.15) is 0 Å². The highest BCUT2D eigenvalue weighted by Gasteiger charge is 2.02. The highest BCUT2D eigenvalue weighted by Crippen LogP contribution is 2.15. The summed E-state index contributed by atoms with van der Waals surface area (Å²) in [6.07, 6.45) is 3.95. The van der Waals surface area contributed by atoms with Crippen LogP contribution in [0, 0.1) is 0 Å². The fourth-order valence-corrected chi connectivity index (χ4v) is 2.54. The van der Waals surface area contributed by atoms with Crippen LogP contribution in [-0.4, -0.2) is 29.3 Å². The molecule has 0 aliphatic rings. The molecule has 0 atom stereocenters. The van der Waals surface area contributed by atoms with Gasteiger partial charge in [0.15, 0.2) is 5.96 Å². The first-order valence-electron chi connectivity index (χ1n) is 8.60. The molecule has 0 aliphatic carbocycles. The van der Waals surface area contributed by atoms with E-state index < -0.39 is 0 Å². The highest BCUT2D eigenvalue weighted by atomic mass is 15.3. The number of nitrogens with one attached hydrogen (secondary N) is 2. The molecule has 2 aromatic rings. The standard InChI is InChI=1S/C19H29N5/c1-15(2)17-9-7-16(8-10-17)6-5-12-21-19(20-3)22-14-18-11-13-23-24(18)4/h7-11,13,15H,5-6,12,14H2,1-4H3,(H2,20,21,22). The predicted octanol–water partition coefficient (Wildman–Crippen LogP) is 2.84. The van der Waals surface area contributed by atoms with Crippen molar-refractivity contribution < 1.29 is 0 Å². The number of aryl methyl sites for hydroxylation is 2. The molecule has 24 heavy (non-hydrogen) atoms. The minimum Gasteiger partial charge on any atom is -0.356 e. The quantitative estimate of drug-likeness (QED) is 0.467. The zero-order valence-electron chi connectivity index (χ0n) is 15.2. The smallest absolute Gasteiger partial charge is 0.191 e. The Morgan fingerprint density at radius 2 is 1.92 bits per heavy atom. The van der Waals surface area contributed by atoms with Crippen molar-refractivity contribution in [2.24, 2.45) is 12.0 Å². The van der Waals surface area contributed by atoms with Gasteiger partial charge in [-0.25, -0.2) is 0 Å². The van der Waals surface area contributed by atoms with E-state index in [1.165, 1.54) is 11.1 Å². The summed E-state index contributed by atoms with van der Waals surface area (Å²) in [4.78, 5) is 4.26. The largest absolute Gasteiger partial charge is 0.356 e. The average molecular weight is 327 g/mol. The molecule has 0 saturated carbocycles. The van der Waals surface area contributed by atoms with Gasteiger partial charge >= 0.3 is 0 Å². The van der Waals surface area contributed by atoms with E-state index >= 15 is 0 Å². The molecule has 1 aromatic carbocycles. The zero-order valence-corrected chi connectivity index (χ0v) is 15.2. The van der Waals surface area contributed by atoms with Gasteiger partial charge in [-0.15, -0.1) is 0 Å². The molecule has 1 heterocycles. The van der Waals surface area contributed by atoms with Crippen LogP contribution in [0.15, 0.2) is 41.5 Å². The predicted molar refractivity (Wildman–Crippen MR) is 100 cm³/mol. The minimum absolute atomic E-state index is 0.592. The van der Waals surface area contributed by atoms with Crippen molar-refractivity contribution in [1.29, 1.82) is 0 Å². The Bertz CT molecular complexity index is 640. The van der Waals surface area contributed by atoms with E-state index in [0.29, 0.717) is 12.5 Å². The van der Waals surface area contributed by atoms with E-state index in [1.54, 1.807) is 13.2 Å². The monoisotopic (exact) mass is 327 g/mol. The van der Waals surface area contributed by atoms with Crippen LogP contribution >= 0.6 is 0 Å². The fraction of sp³-hybridized carbons (Fsp3) is 0.474. The number of nitrogens with zero attached hydrogens (tertiary/aromatic N) is 3.